The number of benzene rings is 1. The van der Waals surface area contributed by atoms with Gasteiger partial charge in [-0.15, -0.1) is 0 Å². The fourth-order valence-corrected chi connectivity index (χ4v) is 1.59. The summed E-state index contributed by atoms with van der Waals surface area (Å²) in [5, 5.41) is 3.28. The highest BCUT2D eigenvalue weighted by molar-refractivity contribution is 5.80. The average Bonchev–Trinajstić information content (AvgIpc) is 2.20. The van der Waals surface area contributed by atoms with Gasteiger partial charge in [0.25, 0.3) is 0 Å². The molecule has 1 aromatic rings. The third-order valence-corrected chi connectivity index (χ3v) is 2.42. The topological polar surface area (TPSA) is 24.4 Å². The number of nitrogens with zero attached hydrogens (tertiary/aromatic N) is 1. The van der Waals surface area contributed by atoms with Gasteiger partial charge in [0.05, 0.1) is 5.84 Å². The van der Waals surface area contributed by atoms with Crippen molar-refractivity contribution >= 4 is 5.84 Å². The number of hydrogen-bond donors (Lipinski definition) is 1. The van der Waals surface area contributed by atoms with Gasteiger partial charge in [-0.05, 0) is 12.5 Å². The molecule has 2 rings (SSSR count). The molecule has 1 atom stereocenters. The van der Waals surface area contributed by atoms with E-state index < -0.39 is 0 Å². The van der Waals surface area contributed by atoms with Crippen molar-refractivity contribution in [2.75, 3.05) is 13.1 Å². The zero-order chi connectivity index (χ0) is 9.10. The molecule has 1 aliphatic heterocycles. The predicted octanol–water partition coefficient (Wildman–Crippen LogP) is 1.79. The number of aliphatic imine (C=N–C) groups is 1. The SMILES string of the molecule is CC1=NCC(c2ccccc2)CN1. The van der Waals surface area contributed by atoms with Crippen molar-refractivity contribution in [3.63, 3.8) is 0 Å². The van der Waals surface area contributed by atoms with E-state index >= 15 is 0 Å². The molecular formula is C11H14N2. The Hall–Kier alpha value is -1.31. The predicted molar refractivity (Wildman–Crippen MR) is 55.2 cm³/mol. The first kappa shape index (κ1) is 8.30. The maximum absolute atomic E-state index is 4.39. The maximum Gasteiger partial charge on any atom is 0.0932 e. The molecule has 0 aromatic heterocycles. The van der Waals surface area contributed by atoms with Gasteiger partial charge in [0, 0.05) is 19.0 Å². The fourth-order valence-electron chi connectivity index (χ4n) is 1.59. The third-order valence-electron chi connectivity index (χ3n) is 2.42. The van der Waals surface area contributed by atoms with Gasteiger partial charge in [-0.1, -0.05) is 30.3 Å². The van der Waals surface area contributed by atoms with Crippen molar-refractivity contribution in [3.05, 3.63) is 35.9 Å². The normalized spacial score (nSPS) is 21.9. The lowest BCUT2D eigenvalue weighted by Crippen LogP contribution is -2.32. The average molecular weight is 174 g/mol. The minimum absolute atomic E-state index is 0.546. The summed E-state index contributed by atoms with van der Waals surface area (Å²) in [4.78, 5) is 4.39. The highest BCUT2D eigenvalue weighted by Gasteiger charge is 2.13. The lowest BCUT2D eigenvalue weighted by atomic mass is 9.98. The molecule has 0 bridgehead atoms. The summed E-state index contributed by atoms with van der Waals surface area (Å²) in [5.41, 5.74) is 1.38. The molecule has 1 N–H and O–H groups in total. The largest absolute Gasteiger partial charge is 0.373 e. The quantitative estimate of drug-likeness (QED) is 0.689. The van der Waals surface area contributed by atoms with Gasteiger partial charge in [-0.25, -0.2) is 0 Å². The van der Waals surface area contributed by atoms with Crippen LogP contribution in [0.5, 0.6) is 0 Å². The van der Waals surface area contributed by atoms with Crippen LogP contribution in [0.2, 0.25) is 0 Å². The molecule has 0 aliphatic carbocycles. The summed E-state index contributed by atoms with van der Waals surface area (Å²) in [5.74, 6) is 1.61. The molecule has 1 aliphatic rings. The van der Waals surface area contributed by atoms with E-state index in [0.29, 0.717) is 5.92 Å². The van der Waals surface area contributed by atoms with Crippen LogP contribution in [-0.4, -0.2) is 18.9 Å². The lowest BCUT2D eigenvalue weighted by molar-refractivity contribution is 0.637. The standard InChI is InChI=1S/C11H14N2/c1-9-12-7-11(8-13-9)10-5-3-2-4-6-10/h2-6,11H,7-8H2,1H3,(H,12,13). The van der Waals surface area contributed by atoms with Crippen LogP contribution < -0.4 is 5.32 Å². The summed E-state index contributed by atoms with van der Waals surface area (Å²) < 4.78 is 0. The van der Waals surface area contributed by atoms with E-state index in [-0.39, 0.29) is 0 Å². The van der Waals surface area contributed by atoms with Crippen molar-refractivity contribution in [2.45, 2.75) is 12.8 Å². The van der Waals surface area contributed by atoms with Gasteiger partial charge in [0.15, 0.2) is 0 Å². The first-order valence-electron chi connectivity index (χ1n) is 4.66. The van der Waals surface area contributed by atoms with Gasteiger partial charge in [-0.2, -0.15) is 0 Å². The summed E-state index contributed by atoms with van der Waals surface area (Å²) in [6.45, 7) is 3.95. The van der Waals surface area contributed by atoms with Crippen LogP contribution in [0.4, 0.5) is 0 Å². The number of nitrogens with one attached hydrogen (secondary N) is 1. The molecule has 0 amide bonds. The summed E-state index contributed by atoms with van der Waals surface area (Å²) in [7, 11) is 0. The van der Waals surface area contributed by atoms with E-state index in [9.17, 15) is 0 Å². The molecule has 68 valence electrons. The number of amidine groups is 1. The van der Waals surface area contributed by atoms with Gasteiger partial charge in [-0.3, -0.25) is 4.99 Å². The Bertz CT molecular complexity index is 303. The van der Waals surface area contributed by atoms with E-state index in [4.69, 9.17) is 0 Å². The van der Waals surface area contributed by atoms with E-state index in [1.54, 1.807) is 0 Å². The van der Waals surface area contributed by atoms with Crippen LogP contribution in [0.1, 0.15) is 18.4 Å². The zero-order valence-corrected chi connectivity index (χ0v) is 7.83. The Morgan fingerprint density at radius 2 is 2.08 bits per heavy atom. The molecule has 2 nitrogen and oxygen atoms in total. The highest BCUT2D eigenvalue weighted by atomic mass is 15.0. The van der Waals surface area contributed by atoms with Gasteiger partial charge >= 0.3 is 0 Å². The number of hydrogen-bond acceptors (Lipinski definition) is 2. The molecule has 0 saturated carbocycles. The van der Waals surface area contributed by atoms with Crippen molar-refractivity contribution in [3.8, 4) is 0 Å². The highest BCUT2D eigenvalue weighted by Crippen LogP contribution is 2.16. The summed E-state index contributed by atoms with van der Waals surface area (Å²) in [6.07, 6.45) is 0. The molecule has 13 heavy (non-hydrogen) atoms. The Labute approximate surface area is 78.7 Å². The summed E-state index contributed by atoms with van der Waals surface area (Å²) >= 11 is 0. The molecular weight excluding hydrogens is 160 g/mol. The van der Waals surface area contributed by atoms with Gasteiger partial charge in [0.1, 0.15) is 0 Å². The fraction of sp³-hybridized carbons (Fsp3) is 0.364. The molecule has 0 spiro atoms. The minimum Gasteiger partial charge on any atom is -0.373 e. The first-order valence-corrected chi connectivity index (χ1v) is 4.66. The van der Waals surface area contributed by atoms with Crippen LogP contribution in [-0.2, 0) is 0 Å². The van der Waals surface area contributed by atoms with Crippen molar-refractivity contribution in [2.24, 2.45) is 4.99 Å². The summed E-state index contributed by atoms with van der Waals surface area (Å²) in [6, 6.07) is 10.6. The van der Waals surface area contributed by atoms with E-state index in [0.717, 1.165) is 18.9 Å². The number of rotatable bonds is 1. The van der Waals surface area contributed by atoms with Gasteiger partial charge < -0.3 is 5.32 Å². The van der Waals surface area contributed by atoms with Crippen molar-refractivity contribution in [1.82, 2.24) is 5.32 Å². The molecule has 0 radical (unpaired) electrons. The first-order chi connectivity index (χ1) is 6.36. The van der Waals surface area contributed by atoms with E-state index in [1.807, 2.05) is 13.0 Å². The minimum atomic E-state index is 0.546. The molecule has 1 heterocycles. The molecule has 1 unspecified atom stereocenters. The van der Waals surface area contributed by atoms with Crippen molar-refractivity contribution < 1.29 is 0 Å². The van der Waals surface area contributed by atoms with Crippen LogP contribution in [0.3, 0.4) is 0 Å². The monoisotopic (exact) mass is 174 g/mol. The lowest BCUT2D eigenvalue weighted by Gasteiger charge is -2.21. The van der Waals surface area contributed by atoms with E-state index in [1.165, 1.54) is 5.56 Å². The van der Waals surface area contributed by atoms with Crippen molar-refractivity contribution in [1.29, 1.82) is 0 Å². The zero-order valence-electron chi connectivity index (χ0n) is 7.83. The molecule has 0 saturated heterocycles. The van der Waals surface area contributed by atoms with Crippen LogP contribution >= 0.6 is 0 Å². The molecule has 0 fully saturated rings. The van der Waals surface area contributed by atoms with Crippen LogP contribution in [0.15, 0.2) is 35.3 Å². The van der Waals surface area contributed by atoms with E-state index in [2.05, 4.69) is 34.6 Å². The Morgan fingerprint density at radius 1 is 1.31 bits per heavy atom. The Kier molecular flexibility index (Phi) is 2.30. The maximum atomic E-state index is 4.39. The smallest absolute Gasteiger partial charge is 0.0932 e. The van der Waals surface area contributed by atoms with Gasteiger partial charge in [0.2, 0.25) is 0 Å². The third kappa shape index (κ3) is 1.89. The second-order valence-corrected chi connectivity index (χ2v) is 3.41. The molecule has 2 heteroatoms. The van der Waals surface area contributed by atoms with Crippen LogP contribution in [0.25, 0.3) is 0 Å². The Morgan fingerprint density at radius 3 is 2.69 bits per heavy atom. The van der Waals surface area contributed by atoms with Crippen LogP contribution in [0, 0.1) is 0 Å². The molecule has 1 aromatic carbocycles. The Balaban J connectivity index is 2.12. The second-order valence-electron chi connectivity index (χ2n) is 3.41. The second kappa shape index (κ2) is 3.60.